The van der Waals surface area contributed by atoms with Gasteiger partial charge in [0, 0.05) is 5.56 Å². The molecule has 0 saturated carbocycles. The maximum Gasteiger partial charge on any atom is 0.200 e. The van der Waals surface area contributed by atoms with E-state index in [-0.39, 0.29) is 18.1 Å². The minimum absolute atomic E-state index is 0.263. The third-order valence-electron chi connectivity index (χ3n) is 2.61. The van der Waals surface area contributed by atoms with Gasteiger partial charge in [-0.3, -0.25) is 4.79 Å². The van der Waals surface area contributed by atoms with Crippen LogP contribution in [0.1, 0.15) is 15.9 Å². The van der Waals surface area contributed by atoms with E-state index < -0.39 is 11.6 Å². The number of hydrogen-bond donors (Lipinski definition) is 0. The first-order valence-corrected chi connectivity index (χ1v) is 5.74. The molecule has 0 heterocycles. The fraction of sp³-hybridized carbons (Fsp3) is 0.133. The molecule has 0 aliphatic heterocycles. The maximum atomic E-state index is 13.3. The molecule has 0 aliphatic carbocycles. The molecule has 0 N–H and O–H groups in total. The van der Waals surface area contributed by atoms with Crippen molar-refractivity contribution in [2.75, 3.05) is 6.61 Å². The first-order valence-electron chi connectivity index (χ1n) is 5.74. The molecule has 0 spiro atoms. The van der Waals surface area contributed by atoms with Crippen molar-refractivity contribution in [1.29, 1.82) is 0 Å². The second kappa shape index (κ2) is 5.61. The zero-order chi connectivity index (χ0) is 13.8. The highest BCUT2D eigenvalue weighted by Crippen LogP contribution is 2.19. The molecule has 4 heteroatoms. The molecular formula is C15H12F2O2. The average molecular weight is 262 g/mol. The van der Waals surface area contributed by atoms with Crippen molar-refractivity contribution in [2.45, 2.75) is 6.92 Å². The second-order valence-electron chi connectivity index (χ2n) is 4.13. The maximum absolute atomic E-state index is 13.3. The van der Waals surface area contributed by atoms with Gasteiger partial charge in [0.05, 0.1) is 0 Å². The summed E-state index contributed by atoms with van der Waals surface area (Å²) in [6, 6.07) is 10.6. The van der Waals surface area contributed by atoms with E-state index in [9.17, 15) is 13.6 Å². The number of carbonyl (C=O) groups is 1. The summed E-state index contributed by atoms with van der Waals surface area (Å²) in [6.45, 7) is 1.54. The molecule has 0 saturated heterocycles. The largest absolute Gasteiger partial charge is 0.482 e. The Morgan fingerprint density at radius 2 is 1.89 bits per heavy atom. The highest BCUT2D eigenvalue weighted by molar-refractivity contribution is 5.97. The lowest BCUT2D eigenvalue weighted by molar-refractivity contribution is 0.0918. The third kappa shape index (κ3) is 3.16. The number of halogens is 2. The number of ether oxygens (including phenoxy) is 1. The highest BCUT2D eigenvalue weighted by Gasteiger charge is 2.11. The summed E-state index contributed by atoms with van der Waals surface area (Å²) >= 11 is 0. The van der Waals surface area contributed by atoms with Gasteiger partial charge in [-0.25, -0.2) is 4.39 Å². The van der Waals surface area contributed by atoms with E-state index in [0.29, 0.717) is 5.56 Å². The average Bonchev–Trinajstić information content (AvgIpc) is 2.40. The predicted octanol–water partition coefficient (Wildman–Crippen LogP) is 3.53. The van der Waals surface area contributed by atoms with Crippen LogP contribution in [-0.2, 0) is 0 Å². The summed E-state index contributed by atoms with van der Waals surface area (Å²) in [5, 5.41) is 0. The van der Waals surface area contributed by atoms with Crippen LogP contribution in [-0.4, -0.2) is 12.4 Å². The summed E-state index contributed by atoms with van der Waals surface area (Å²) in [5.41, 5.74) is 1.43. The van der Waals surface area contributed by atoms with Crippen molar-refractivity contribution >= 4 is 5.78 Å². The first kappa shape index (κ1) is 13.2. The molecule has 0 fully saturated rings. The Kier molecular flexibility index (Phi) is 3.90. The van der Waals surface area contributed by atoms with Gasteiger partial charge in [0.2, 0.25) is 5.82 Å². The minimum Gasteiger partial charge on any atom is -0.482 e. The number of ketones is 1. The van der Waals surface area contributed by atoms with E-state index >= 15 is 0 Å². The molecule has 0 unspecified atom stereocenters. The van der Waals surface area contributed by atoms with E-state index in [1.165, 1.54) is 12.1 Å². The second-order valence-corrected chi connectivity index (χ2v) is 4.13. The SMILES string of the molecule is Cc1cccc(C(=O)COc2cccc(F)c2F)c1. The van der Waals surface area contributed by atoms with Crippen molar-refractivity contribution in [1.82, 2.24) is 0 Å². The monoisotopic (exact) mass is 262 g/mol. The quantitative estimate of drug-likeness (QED) is 0.788. The predicted molar refractivity (Wildman–Crippen MR) is 67.4 cm³/mol. The van der Waals surface area contributed by atoms with Gasteiger partial charge in [-0.05, 0) is 25.1 Å². The van der Waals surface area contributed by atoms with Crippen molar-refractivity contribution in [3.8, 4) is 5.75 Å². The fourth-order valence-electron chi connectivity index (χ4n) is 1.64. The lowest BCUT2D eigenvalue weighted by atomic mass is 10.1. The number of aryl methyl sites for hydroxylation is 1. The fourth-order valence-corrected chi connectivity index (χ4v) is 1.64. The van der Waals surface area contributed by atoms with E-state index in [4.69, 9.17) is 4.74 Å². The van der Waals surface area contributed by atoms with Gasteiger partial charge >= 0.3 is 0 Å². The van der Waals surface area contributed by atoms with Gasteiger partial charge in [0.1, 0.15) is 0 Å². The molecule has 0 aliphatic rings. The van der Waals surface area contributed by atoms with Crippen LogP contribution >= 0.6 is 0 Å². The number of benzene rings is 2. The summed E-state index contributed by atoms with van der Waals surface area (Å²) in [7, 11) is 0. The van der Waals surface area contributed by atoms with Crippen molar-refractivity contribution in [3.05, 3.63) is 65.2 Å². The van der Waals surface area contributed by atoms with E-state index in [1.54, 1.807) is 18.2 Å². The molecule has 0 bridgehead atoms. The molecule has 0 atom stereocenters. The van der Waals surface area contributed by atoms with Gasteiger partial charge < -0.3 is 4.74 Å². The molecule has 2 nitrogen and oxygen atoms in total. The van der Waals surface area contributed by atoms with E-state index in [0.717, 1.165) is 11.6 Å². The number of carbonyl (C=O) groups excluding carboxylic acids is 1. The van der Waals surface area contributed by atoms with Gasteiger partial charge in [0.25, 0.3) is 0 Å². The summed E-state index contributed by atoms with van der Waals surface area (Å²) in [6.07, 6.45) is 0. The summed E-state index contributed by atoms with van der Waals surface area (Å²) in [5.74, 6) is -2.63. The topological polar surface area (TPSA) is 26.3 Å². The molecule has 2 aromatic rings. The van der Waals surface area contributed by atoms with Crippen LogP contribution < -0.4 is 4.74 Å². The number of hydrogen-bond acceptors (Lipinski definition) is 2. The third-order valence-corrected chi connectivity index (χ3v) is 2.61. The molecule has 19 heavy (non-hydrogen) atoms. The Morgan fingerprint density at radius 1 is 1.16 bits per heavy atom. The van der Waals surface area contributed by atoms with Crippen molar-refractivity contribution < 1.29 is 18.3 Å². The minimum atomic E-state index is -1.08. The Hall–Kier alpha value is -2.23. The molecular weight excluding hydrogens is 250 g/mol. The molecule has 0 aromatic heterocycles. The van der Waals surface area contributed by atoms with Crippen LogP contribution in [0.25, 0.3) is 0 Å². The van der Waals surface area contributed by atoms with Crippen molar-refractivity contribution in [3.63, 3.8) is 0 Å². The van der Waals surface area contributed by atoms with Crippen LogP contribution in [0, 0.1) is 18.6 Å². The van der Waals surface area contributed by atoms with Crippen LogP contribution in [0.5, 0.6) is 5.75 Å². The normalized spacial score (nSPS) is 10.3. The standard InChI is InChI=1S/C15H12F2O2/c1-10-4-2-5-11(8-10)13(18)9-19-14-7-3-6-12(16)15(14)17/h2-8H,9H2,1H3. The van der Waals surface area contributed by atoms with Gasteiger partial charge in [-0.2, -0.15) is 4.39 Å². The zero-order valence-corrected chi connectivity index (χ0v) is 10.3. The molecule has 2 aromatic carbocycles. The summed E-state index contributed by atoms with van der Waals surface area (Å²) < 4.78 is 31.3. The Labute approximate surface area is 109 Å². The lowest BCUT2D eigenvalue weighted by Gasteiger charge is -2.07. The van der Waals surface area contributed by atoms with Crippen molar-refractivity contribution in [2.24, 2.45) is 0 Å². The van der Waals surface area contributed by atoms with E-state index in [1.807, 2.05) is 13.0 Å². The van der Waals surface area contributed by atoms with Gasteiger partial charge in [0.15, 0.2) is 24.0 Å². The van der Waals surface area contributed by atoms with Crippen LogP contribution in [0.4, 0.5) is 8.78 Å². The van der Waals surface area contributed by atoms with Gasteiger partial charge in [-0.15, -0.1) is 0 Å². The highest BCUT2D eigenvalue weighted by atomic mass is 19.2. The lowest BCUT2D eigenvalue weighted by Crippen LogP contribution is -2.12. The van der Waals surface area contributed by atoms with Crippen LogP contribution in [0.2, 0.25) is 0 Å². The molecule has 98 valence electrons. The van der Waals surface area contributed by atoms with E-state index in [2.05, 4.69) is 0 Å². The number of Topliss-reactive ketones (excluding diaryl/α,β-unsaturated/α-hetero) is 1. The summed E-state index contributed by atoms with van der Waals surface area (Å²) in [4.78, 5) is 11.8. The molecule has 0 amide bonds. The van der Waals surface area contributed by atoms with Gasteiger partial charge in [-0.1, -0.05) is 29.8 Å². The van der Waals surface area contributed by atoms with Crippen LogP contribution in [0.3, 0.4) is 0 Å². The van der Waals surface area contributed by atoms with Crippen LogP contribution in [0.15, 0.2) is 42.5 Å². The molecule has 0 radical (unpaired) electrons. The first-order chi connectivity index (χ1) is 9.08. The smallest absolute Gasteiger partial charge is 0.200 e. The Morgan fingerprint density at radius 3 is 2.63 bits per heavy atom. The Bertz CT molecular complexity index is 609. The molecule has 2 rings (SSSR count). The number of rotatable bonds is 4. The zero-order valence-electron chi connectivity index (χ0n) is 10.3. The Balaban J connectivity index is 2.07.